The number of hydrogen-bond acceptors (Lipinski definition) is 4. The third-order valence-electron chi connectivity index (χ3n) is 3.60. The first-order valence-corrected chi connectivity index (χ1v) is 7.63. The number of rotatable bonds is 6. The normalized spacial score (nSPS) is 10.7. The number of aromatic nitrogens is 3. The Morgan fingerprint density at radius 3 is 2.43 bits per heavy atom. The average Bonchev–Trinajstić information content (AvgIpc) is 3.00. The molecule has 5 heteroatoms. The van der Waals surface area contributed by atoms with Gasteiger partial charge in [0.2, 0.25) is 0 Å². The first-order chi connectivity index (χ1) is 11.3. The van der Waals surface area contributed by atoms with Crippen LogP contribution in [0.3, 0.4) is 0 Å². The monoisotopic (exact) mass is 309 g/mol. The van der Waals surface area contributed by atoms with Gasteiger partial charge in [-0.1, -0.05) is 35.5 Å². The molecule has 23 heavy (non-hydrogen) atoms. The number of ether oxygens (including phenoxy) is 1. The molecule has 0 spiro atoms. The minimum atomic E-state index is -0.126. The molecule has 0 saturated heterocycles. The van der Waals surface area contributed by atoms with Gasteiger partial charge in [-0.05, 0) is 36.8 Å². The van der Waals surface area contributed by atoms with E-state index in [2.05, 4.69) is 10.3 Å². The fraction of sp³-hybridized carbons (Fsp3) is 0.222. The molecule has 0 radical (unpaired) electrons. The SMILES string of the molecule is CCOc1ccc(Cc2c(CO)nnn2-c2ccccc2)cc1. The van der Waals surface area contributed by atoms with Crippen LogP contribution in [0, 0.1) is 0 Å². The van der Waals surface area contributed by atoms with Crippen LogP contribution in [0.25, 0.3) is 5.69 Å². The van der Waals surface area contributed by atoms with Crippen LogP contribution >= 0.6 is 0 Å². The summed E-state index contributed by atoms with van der Waals surface area (Å²) in [5, 5.41) is 17.8. The second kappa shape index (κ2) is 7.07. The average molecular weight is 309 g/mol. The molecule has 1 aromatic heterocycles. The highest BCUT2D eigenvalue weighted by molar-refractivity contribution is 5.36. The molecule has 0 bridgehead atoms. The molecular formula is C18H19N3O2. The van der Waals surface area contributed by atoms with E-state index in [1.807, 2.05) is 61.5 Å². The molecule has 118 valence electrons. The summed E-state index contributed by atoms with van der Waals surface area (Å²) in [6.45, 7) is 2.49. The number of nitrogens with zero attached hydrogens (tertiary/aromatic N) is 3. The summed E-state index contributed by atoms with van der Waals surface area (Å²) in [6.07, 6.45) is 0.643. The van der Waals surface area contributed by atoms with Gasteiger partial charge in [0.25, 0.3) is 0 Å². The minimum absolute atomic E-state index is 0.126. The van der Waals surface area contributed by atoms with Crippen LogP contribution in [-0.4, -0.2) is 26.7 Å². The van der Waals surface area contributed by atoms with Crippen molar-refractivity contribution in [3.05, 3.63) is 71.5 Å². The van der Waals surface area contributed by atoms with Crippen molar-refractivity contribution in [1.82, 2.24) is 15.0 Å². The van der Waals surface area contributed by atoms with E-state index in [0.29, 0.717) is 18.7 Å². The lowest BCUT2D eigenvalue weighted by atomic mass is 10.1. The zero-order chi connectivity index (χ0) is 16.1. The molecule has 0 atom stereocenters. The molecule has 3 rings (SSSR count). The predicted molar refractivity (Wildman–Crippen MR) is 87.7 cm³/mol. The summed E-state index contributed by atoms with van der Waals surface area (Å²) in [4.78, 5) is 0. The van der Waals surface area contributed by atoms with E-state index in [9.17, 15) is 5.11 Å². The zero-order valence-electron chi connectivity index (χ0n) is 13.0. The van der Waals surface area contributed by atoms with Crippen molar-refractivity contribution >= 4 is 0 Å². The van der Waals surface area contributed by atoms with Crippen LogP contribution in [0.5, 0.6) is 5.75 Å². The molecule has 0 aliphatic carbocycles. The Bertz CT molecular complexity index is 752. The Hall–Kier alpha value is -2.66. The molecule has 0 amide bonds. The third-order valence-corrected chi connectivity index (χ3v) is 3.60. The fourth-order valence-corrected chi connectivity index (χ4v) is 2.47. The quantitative estimate of drug-likeness (QED) is 0.760. The van der Waals surface area contributed by atoms with E-state index in [4.69, 9.17) is 4.74 Å². The van der Waals surface area contributed by atoms with Gasteiger partial charge in [0.1, 0.15) is 11.4 Å². The Balaban J connectivity index is 1.91. The molecule has 0 aliphatic heterocycles. The molecule has 3 aromatic rings. The molecule has 2 aromatic carbocycles. The van der Waals surface area contributed by atoms with Crippen LogP contribution in [0.2, 0.25) is 0 Å². The van der Waals surface area contributed by atoms with E-state index < -0.39 is 0 Å². The zero-order valence-corrected chi connectivity index (χ0v) is 13.0. The lowest BCUT2D eigenvalue weighted by Gasteiger charge is -2.09. The van der Waals surface area contributed by atoms with Gasteiger partial charge in [-0.3, -0.25) is 0 Å². The van der Waals surface area contributed by atoms with Gasteiger partial charge in [0, 0.05) is 6.42 Å². The maximum absolute atomic E-state index is 9.53. The number of aliphatic hydroxyl groups excluding tert-OH is 1. The predicted octanol–water partition coefficient (Wildman–Crippen LogP) is 2.75. The van der Waals surface area contributed by atoms with E-state index in [1.54, 1.807) is 4.68 Å². The second-order valence-electron chi connectivity index (χ2n) is 5.14. The van der Waals surface area contributed by atoms with E-state index in [-0.39, 0.29) is 6.61 Å². The number of benzene rings is 2. The van der Waals surface area contributed by atoms with Crippen LogP contribution in [0.15, 0.2) is 54.6 Å². The third kappa shape index (κ3) is 3.40. The highest BCUT2D eigenvalue weighted by atomic mass is 16.5. The summed E-state index contributed by atoms with van der Waals surface area (Å²) in [5.74, 6) is 0.855. The van der Waals surface area contributed by atoms with E-state index in [1.165, 1.54) is 0 Å². The van der Waals surface area contributed by atoms with Gasteiger partial charge >= 0.3 is 0 Å². The summed E-state index contributed by atoms with van der Waals surface area (Å²) < 4.78 is 7.24. The highest BCUT2D eigenvalue weighted by Crippen LogP contribution is 2.19. The van der Waals surface area contributed by atoms with Gasteiger partial charge in [-0.2, -0.15) is 0 Å². The van der Waals surface area contributed by atoms with Crippen molar-refractivity contribution in [2.75, 3.05) is 6.61 Å². The summed E-state index contributed by atoms with van der Waals surface area (Å²) >= 11 is 0. The first-order valence-electron chi connectivity index (χ1n) is 7.63. The molecule has 5 nitrogen and oxygen atoms in total. The molecule has 0 unspecified atom stereocenters. The van der Waals surface area contributed by atoms with Crippen LogP contribution in [0.1, 0.15) is 23.9 Å². The van der Waals surface area contributed by atoms with Crippen molar-refractivity contribution in [2.24, 2.45) is 0 Å². The Labute approximate surface area is 135 Å². The van der Waals surface area contributed by atoms with Crippen molar-refractivity contribution in [3.8, 4) is 11.4 Å². The molecule has 0 fully saturated rings. The second-order valence-corrected chi connectivity index (χ2v) is 5.14. The van der Waals surface area contributed by atoms with E-state index in [0.717, 1.165) is 22.7 Å². The lowest BCUT2D eigenvalue weighted by molar-refractivity contribution is 0.275. The number of hydrogen-bond donors (Lipinski definition) is 1. The van der Waals surface area contributed by atoms with Gasteiger partial charge in [0.05, 0.1) is 24.6 Å². The summed E-state index contributed by atoms with van der Waals surface area (Å²) in [5.41, 5.74) is 3.54. The van der Waals surface area contributed by atoms with Crippen molar-refractivity contribution in [2.45, 2.75) is 20.0 Å². The largest absolute Gasteiger partial charge is 0.494 e. The summed E-state index contributed by atoms with van der Waals surface area (Å²) in [6, 6.07) is 17.8. The Morgan fingerprint density at radius 2 is 1.78 bits per heavy atom. The van der Waals surface area contributed by atoms with Crippen LogP contribution < -0.4 is 4.74 Å². The highest BCUT2D eigenvalue weighted by Gasteiger charge is 2.14. The molecule has 0 saturated carbocycles. The van der Waals surface area contributed by atoms with Crippen LogP contribution in [-0.2, 0) is 13.0 Å². The van der Waals surface area contributed by atoms with Gasteiger partial charge in [0.15, 0.2) is 0 Å². The van der Waals surface area contributed by atoms with Crippen molar-refractivity contribution < 1.29 is 9.84 Å². The van der Waals surface area contributed by atoms with E-state index >= 15 is 0 Å². The summed E-state index contributed by atoms with van der Waals surface area (Å²) in [7, 11) is 0. The fourth-order valence-electron chi connectivity index (χ4n) is 2.47. The van der Waals surface area contributed by atoms with Crippen molar-refractivity contribution in [3.63, 3.8) is 0 Å². The lowest BCUT2D eigenvalue weighted by Crippen LogP contribution is -2.05. The standard InChI is InChI=1S/C18H19N3O2/c1-2-23-16-10-8-14(9-11-16)12-18-17(13-22)19-20-21(18)15-6-4-3-5-7-15/h3-11,22H,2,12-13H2,1H3. The molecule has 1 heterocycles. The Morgan fingerprint density at radius 1 is 1.04 bits per heavy atom. The minimum Gasteiger partial charge on any atom is -0.494 e. The molecule has 1 N–H and O–H groups in total. The molecular weight excluding hydrogens is 290 g/mol. The molecule has 0 aliphatic rings. The van der Waals surface area contributed by atoms with Crippen LogP contribution in [0.4, 0.5) is 0 Å². The maximum Gasteiger partial charge on any atom is 0.119 e. The first kappa shape index (κ1) is 15.2. The maximum atomic E-state index is 9.53. The van der Waals surface area contributed by atoms with Gasteiger partial charge in [-0.25, -0.2) is 4.68 Å². The smallest absolute Gasteiger partial charge is 0.119 e. The van der Waals surface area contributed by atoms with Crippen molar-refractivity contribution in [1.29, 1.82) is 0 Å². The topological polar surface area (TPSA) is 60.2 Å². The number of para-hydroxylation sites is 1. The Kier molecular flexibility index (Phi) is 4.68. The van der Waals surface area contributed by atoms with Gasteiger partial charge in [-0.15, -0.1) is 5.10 Å². The van der Waals surface area contributed by atoms with Gasteiger partial charge < -0.3 is 9.84 Å². The number of aliphatic hydroxyl groups is 1.